The topological polar surface area (TPSA) is 63.1 Å². The van der Waals surface area contributed by atoms with E-state index in [-0.39, 0.29) is 5.92 Å². The van der Waals surface area contributed by atoms with Crippen molar-refractivity contribution in [1.82, 2.24) is 25.2 Å². The fourth-order valence-corrected chi connectivity index (χ4v) is 6.36. The van der Waals surface area contributed by atoms with Crippen molar-refractivity contribution < 1.29 is 4.79 Å². The smallest absolute Gasteiger partial charge is 0.224 e. The summed E-state index contributed by atoms with van der Waals surface area (Å²) in [6, 6.07) is 11.3. The van der Waals surface area contributed by atoms with Crippen LogP contribution in [-0.4, -0.2) is 51.0 Å². The summed E-state index contributed by atoms with van der Waals surface area (Å²) in [6.07, 6.45) is 10.5. The van der Waals surface area contributed by atoms with Crippen LogP contribution in [0.15, 0.2) is 41.4 Å². The highest BCUT2D eigenvalue weighted by Gasteiger charge is 2.43. The van der Waals surface area contributed by atoms with Gasteiger partial charge in [0.2, 0.25) is 5.91 Å². The summed E-state index contributed by atoms with van der Waals surface area (Å²) < 4.78 is 2.00. The standard InChI is InChI=1S/C24H33N5OS/c30-24(25-19-7-3-1-4-8-19)23-16-28-12-11-18(23)13-21(28)15-29-14-20(26-27-29)17-31-22-9-5-2-6-10-22/h2,5-6,9-10,14,18-19,21,23H,1,3-4,7-8,11-13,15-17H2,(H,25,30). The van der Waals surface area contributed by atoms with Crippen molar-refractivity contribution in [2.75, 3.05) is 13.1 Å². The van der Waals surface area contributed by atoms with E-state index in [0.717, 1.165) is 56.8 Å². The Kier molecular flexibility index (Phi) is 6.60. The van der Waals surface area contributed by atoms with Gasteiger partial charge in [0.05, 0.1) is 18.2 Å². The van der Waals surface area contributed by atoms with Gasteiger partial charge in [-0.25, -0.2) is 0 Å². The van der Waals surface area contributed by atoms with Gasteiger partial charge in [0.25, 0.3) is 0 Å². The summed E-state index contributed by atoms with van der Waals surface area (Å²) in [5, 5.41) is 12.1. The number of benzene rings is 1. The minimum absolute atomic E-state index is 0.167. The quantitative estimate of drug-likeness (QED) is 0.666. The number of piperidine rings is 3. The zero-order valence-electron chi connectivity index (χ0n) is 18.2. The van der Waals surface area contributed by atoms with Gasteiger partial charge in [-0.3, -0.25) is 14.4 Å². The summed E-state index contributed by atoms with van der Waals surface area (Å²) in [7, 11) is 0. The second-order valence-corrected chi connectivity index (χ2v) is 10.5. The molecule has 166 valence electrons. The highest BCUT2D eigenvalue weighted by molar-refractivity contribution is 7.98. The van der Waals surface area contributed by atoms with Gasteiger partial charge in [0.15, 0.2) is 0 Å². The zero-order chi connectivity index (χ0) is 21.0. The van der Waals surface area contributed by atoms with Crippen LogP contribution < -0.4 is 5.32 Å². The monoisotopic (exact) mass is 439 g/mol. The Morgan fingerprint density at radius 3 is 2.74 bits per heavy atom. The SMILES string of the molecule is O=C(NC1CCCCC1)C1CN2CCC1CC2Cn1cc(CSc2ccccc2)nn1. The molecule has 4 aliphatic rings. The molecule has 4 unspecified atom stereocenters. The Morgan fingerprint density at radius 2 is 1.97 bits per heavy atom. The van der Waals surface area contributed by atoms with E-state index in [2.05, 4.69) is 51.0 Å². The lowest BCUT2D eigenvalue weighted by molar-refractivity contribution is -0.134. The molecule has 1 amide bonds. The van der Waals surface area contributed by atoms with Gasteiger partial charge in [-0.1, -0.05) is 42.7 Å². The summed E-state index contributed by atoms with van der Waals surface area (Å²) in [6.45, 7) is 2.88. The lowest BCUT2D eigenvalue weighted by Crippen LogP contribution is -2.58. The molecular weight excluding hydrogens is 406 g/mol. The van der Waals surface area contributed by atoms with E-state index in [1.54, 1.807) is 11.8 Å². The molecule has 1 N–H and O–H groups in total. The van der Waals surface area contributed by atoms with Crippen LogP contribution in [0, 0.1) is 11.8 Å². The van der Waals surface area contributed by atoms with Crippen molar-refractivity contribution in [3.05, 3.63) is 42.2 Å². The second-order valence-electron chi connectivity index (χ2n) is 9.42. The van der Waals surface area contributed by atoms with Crippen molar-refractivity contribution in [2.24, 2.45) is 11.8 Å². The van der Waals surface area contributed by atoms with Gasteiger partial charge in [-0.05, 0) is 50.3 Å². The summed E-state index contributed by atoms with van der Waals surface area (Å²) >= 11 is 1.79. The molecule has 3 saturated heterocycles. The Balaban J connectivity index is 1.13. The first-order valence-electron chi connectivity index (χ1n) is 11.9. The predicted octanol–water partition coefficient (Wildman–Crippen LogP) is 3.73. The van der Waals surface area contributed by atoms with E-state index in [1.807, 2.05) is 10.7 Å². The first-order valence-corrected chi connectivity index (χ1v) is 12.8. The van der Waals surface area contributed by atoms with Crippen molar-refractivity contribution in [3.63, 3.8) is 0 Å². The molecule has 0 spiro atoms. The van der Waals surface area contributed by atoms with Crippen molar-refractivity contribution >= 4 is 17.7 Å². The number of nitrogens with zero attached hydrogens (tertiary/aromatic N) is 4. The fraction of sp³-hybridized carbons (Fsp3) is 0.625. The molecule has 2 bridgehead atoms. The van der Waals surface area contributed by atoms with Crippen LogP contribution >= 0.6 is 11.8 Å². The molecule has 4 atom stereocenters. The number of carbonyl (C=O) groups is 1. The highest BCUT2D eigenvalue weighted by atomic mass is 32.2. The van der Waals surface area contributed by atoms with Crippen LogP contribution in [-0.2, 0) is 17.1 Å². The third-order valence-electron chi connectivity index (χ3n) is 7.28. The Morgan fingerprint density at radius 1 is 1.13 bits per heavy atom. The van der Waals surface area contributed by atoms with E-state index < -0.39 is 0 Å². The normalized spacial score (nSPS) is 28.5. The summed E-state index contributed by atoms with van der Waals surface area (Å²) in [4.78, 5) is 16.7. The predicted molar refractivity (Wildman–Crippen MR) is 123 cm³/mol. The minimum Gasteiger partial charge on any atom is -0.353 e. The van der Waals surface area contributed by atoms with Crippen LogP contribution in [0.5, 0.6) is 0 Å². The molecule has 31 heavy (non-hydrogen) atoms. The number of amides is 1. The molecule has 2 aromatic rings. The molecule has 1 aromatic heterocycles. The number of thioether (sulfide) groups is 1. The van der Waals surface area contributed by atoms with Crippen LogP contribution in [0.4, 0.5) is 0 Å². The lowest BCUT2D eigenvalue weighted by atomic mass is 9.75. The zero-order valence-corrected chi connectivity index (χ0v) is 19.0. The Hall–Kier alpha value is -1.86. The highest BCUT2D eigenvalue weighted by Crippen LogP contribution is 2.37. The van der Waals surface area contributed by atoms with Gasteiger partial charge in [-0.2, -0.15) is 0 Å². The second kappa shape index (κ2) is 9.74. The van der Waals surface area contributed by atoms with Crippen LogP contribution in [0.25, 0.3) is 0 Å². The third kappa shape index (κ3) is 5.14. The molecule has 7 heteroatoms. The maximum atomic E-state index is 12.9. The van der Waals surface area contributed by atoms with E-state index in [4.69, 9.17) is 0 Å². The molecule has 4 fully saturated rings. The van der Waals surface area contributed by atoms with Crippen molar-refractivity contribution in [1.29, 1.82) is 0 Å². The molecule has 0 radical (unpaired) electrons. The van der Waals surface area contributed by atoms with E-state index in [1.165, 1.54) is 24.2 Å². The van der Waals surface area contributed by atoms with E-state index in [9.17, 15) is 4.79 Å². The van der Waals surface area contributed by atoms with Gasteiger partial charge >= 0.3 is 0 Å². The fourth-order valence-electron chi connectivity index (χ4n) is 5.56. The number of nitrogens with one attached hydrogen (secondary N) is 1. The largest absolute Gasteiger partial charge is 0.353 e. The van der Waals surface area contributed by atoms with Crippen LogP contribution in [0.3, 0.4) is 0 Å². The first kappa shape index (κ1) is 21.0. The van der Waals surface area contributed by atoms with Gasteiger partial charge in [-0.15, -0.1) is 16.9 Å². The number of fused-ring (bicyclic) bond motifs is 3. The minimum atomic E-state index is 0.167. The van der Waals surface area contributed by atoms with Crippen molar-refractivity contribution in [2.45, 2.75) is 74.2 Å². The average molecular weight is 440 g/mol. The number of rotatable bonds is 7. The molecule has 6 nitrogen and oxygen atoms in total. The average Bonchev–Trinajstić information content (AvgIpc) is 3.27. The van der Waals surface area contributed by atoms with Crippen LogP contribution in [0.2, 0.25) is 0 Å². The number of hydrogen-bond donors (Lipinski definition) is 1. The van der Waals surface area contributed by atoms with E-state index >= 15 is 0 Å². The Bertz CT molecular complexity index is 866. The first-order chi connectivity index (χ1) is 15.2. The Labute approximate surface area is 189 Å². The van der Waals surface area contributed by atoms with Gasteiger partial charge in [0, 0.05) is 35.5 Å². The molecule has 6 rings (SSSR count). The molecule has 4 heterocycles. The van der Waals surface area contributed by atoms with Gasteiger partial charge in [0.1, 0.15) is 0 Å². The number of aromatic nitrogens is 3. The number of hydrogen-bond acceptors (Lipinski definition) is 5. The number of carbonyl (C=O) groups excluding carboxylic acids is 1. The molecule has 1 aliphatic carbocycles. The molecule has 3 aliphatic heterocycles. The van der Waals surface area contributed by atoms with Crippen molar-refractivity contribution in [3.8, 4) is 0 Å². The molecule has 1 saturated carbocycles. The van der Waals surface area contributed by atoms with Crippen LogP contribution in [0.1, 0.15) is 50.6 Å². The van der Waals surface area contributed by atoms with E-state index in [0.29, 0.717) is 23.9 Å². The lowest BCUT2D eigenvalue weighted by Gasteiger charge is -2.49. The van der Waals surface area contributed by atoms with Gasteiger partial charge < -0.3 is 5.32 Å². The summed E-state index contributed by atoms with van der Waals surface area (Å²) in [5.74, 6) is 1.82. The molecule has 1 aromatic carbocycles. The third-order valence-corrected chi connectivity index (χ3v) is 8.33. The maximum Gasteiger partial charge on any atom is 0.224 e. The summed E-state index contributed by atoms with van der Waals surface area (Å²) in [5.41, 5.74) is 1.02. The molecular formula is C24H33N5OS. The maximum absolute atomic E-state index is 12.9.